The number of hydrogen-bond donors (Lipinski definition) is 0. The average molecular weight is 537 g/mol. The molecule has 0 N–H and O–H groups in total. The second-order valence-corrected chi connectivity index (χ2v) is 9.31. The lowest BCUT2D eigenvalue weighted by Crippen LogP contribution is -2.37. The summed E-state index contributed by atoms with van der Waals surface area (Å²) in [6.07, 6.45) is -0.0587. The van der Waals surface area contributed by atoms with E-state index in [1.807, 2.05) is 55.5 Å². The minimum atomic E-state index is -0.951. The highest BCUT2D eigenvalue weighted by molar-refractivity contribution is 9.10. The maximum absolute atomic E-state index is 13.8. The number of fused-ring (bicyclic) bond motifs is 1. The summed E-state index contributed by atoms with van der Waals surface area (Å²) in [6, 6.07) is 21.5. The fraction of sp³-hybridized carbons (Fsp3) is 0.259. The Morgan fingerprint density at radius 1 is 0.943 bits per heavy atom. The summed E-state index contributed by atoms with van der Waals surface area (Å²) in [7, 11) is 1.59. The first kappa shape index (κ1) is 23.4. The molecule has 0 bridgehead atoms. The van der Waals surface area contributed by atoms with Gasteiger partial charge in [0.1, 0.15) is 17.4 Å². The summed E-state index contributed by atoms with van der Waals surface area (Å²) in [5.74, 6) is -0.146. The number of carbonyl (C=O) groups is 2. The smallest absolute Gasteiger partial charge is 0.266 e. The number of nitrogens with zero attached hydrogens (tertiary/aromatic N) is 2. The number of halogens is 1. The third kappa shape index (κ3) is 4.17. The van der Waals surface area contributed by atoms with Crippen LogP contribution < -0.4 is 19.4 Å². The second-order valence-electron chi connectivity index (χ2n) is 8.40. The van der Waals surface area contributed by atoms with Crippen molar-refractivity contribution >= 4 is 39.1 Å². The van der Waals surface area contributed by atoms with Crippen molar-refractivity contribution in [2.24, 2.45) is 5.92 Å². The number of anilines is 2. The van der Waals surface area contributed by atoms with E-state index in [-0.39, 0.29) is 11.8 Å². The first-order valence-corrected chi connectivity index (χ1v) is 12.3. The number of carbonyl (C=O) groups excluding carboxylic acids is 2. The van der Waals surface area contributed by atoms with Gasteiger partial charge in [0.25, 0.3) is 5.91 Å². The van der Waals surface area contributed by atoms with E-state index in [1.165, 1.54) is 4.90 Å². The highest BCUT2D eigenvalue weighted by atomic mass is 79.9. The van der Waals surface area contributed by atoms with E-state index in [0.29, 0.717) is 23.8 Å². The van der Waals surface area contributed by atoms with Gasteiger partial charge in [0.05, 0.1) is 31.1 Å². The van der Waals surface area contributed by atoms with Crippen LogP contribution in [0.5, 0.6) is 11.5 Å². The van der Waals surface area contributed by atoms with Gasteiger partial charge < -0.3 is 9.47 Å². The molecular weight excluding hydrogens is 512 g/mol. The minimum Gasteiger partial charge on any atom is -0.496 e. The Hall–Kier alpha value is -3.36. The van der Waals surface area contributed by atoms with Crippen LogP contribution in [-0.4, -0.2) is 31.6 Å². The molecule has 0 saturated carbocycles. The summed E-state index contributed by atoms with van der Waals surface area (Å²) >= 11 is 3.53. The third-order valence-electron chi connectivity index (χ3n) is 6.20. The fourth-order valence-electron chi connectivity index (χ4n) is 4.63. The van der Waals surface area contributed by atoms with E-state index in [2.05, 4.69) is 15.9 Å². The third-order valence-corrected chi connectivity index (χ3v) is 6.70. The van der Waals surface area contributed by atoms with E-state index in [4.69, 9.17) is 14.3 Å². The Bertz CT molecular complexity index is 1230. The maximum atomic E-state index is 13.8. The van der Waals surface area contributed by atoms with Crippen LogP contribution in [0.1, 0.15) is 24.9 Å². The molecule has 0 aromatic heterocycles. The number of amides is 2. The molecule has 0 spiro atoms. The number of hydroxylamine groups is 1. The standard InChI is InChI=1S/C27H25BrN2O5/c1-3-15-34-20-12-10-18(11-13-20)29-26(31)23-24(21-16-17(28)9-14-22(21)33-2)30(35-25(23)27(29)32)19-7-5-4-6-8-19/h4-14,16,23-25H,3,15H2,1-2H3/t23-,24+,25-/m0/s1. The number of ether oxygens (including phenoxy) is 2. The van der Waals surface area contributed by atoms with Gasteiger partial charge in [-0.25, -0.2) is 9.96 Å². The van der Waals surface area contributed by atoms with Gasteiger partial charge in [-0.2, -0.15) is 0 Å². The number of methoxy groups -OCH3 is 1. The molecule has 2 heterocycles. The van der Waals surface area contributed by atoms with Crippen molar-refractivity contribution in [1.29, 1.82) is 0 Å². The minimum absolute atomic E-state index is 0.312. The molecule has 2 amide bonds. The van der Waals surface area contributed by atoms with Gasteiger partial charge >= 0.3 is 0 Å². The normalized spacial score (nSPS) is 21.4. The van der Waals surface area contributed by atoms with Crippen molar-refractivity contribution in [2.45, 2.75) is 25.5 Å². The summed E-state index contributed by atoms with van der Waals surface area (Å²) in [6.45, 7) is 2.63. The molecular formula is C27H25BrN2O5. The second kappa shape index (κ2) is 9.71. The van der Waals surface area contributed by atoms with Crippen LogP contribution >= 0.6 is 15.9 Å². The lowest BCUT2D eigenvalue weighted by molar-refractivity contribution is -0.126. The van der Waals surface area contributed by atoms with Crippen LogP contribution in [0.3, 0.4) is 0 Å². The van der Waals surface area contributed by atoms with Gasteiger partial charge in [-0.1, -0.05) is 41.1 Å². The summed E-state index contributed by atoms with van der Waals surface area (Å²) in [5, 5.41) is 1.66. The first-order chi connectivity index (χ1) is 17.0. The molecule has 2 aliphatic heterocycles. The molecule has 3 atom stereocenters. The SMILES string of the molecule is CCCOc1ccc(N2C(=O)[C@@H]3[C@H](ON(c4ccccc4)[C@@H]3c3cc(Br)ccc3OC)C2=O)cc1. The van der Waals surface area contributed by atoms with E-state index in [9.17, 15) is 9.59 Å². The quantitative estimate of drug-likeness (QED) is 0.382. The zero-order valence-corrected chi connectivity index (χ0v) is 21.0. The van der Waals surface area contributed by atoms with E-state index in [0.717, 1.165) is 22.1 Å². The highest BCUT2D eigenvalue weighted by Crippen LogP contribution is 2.50. The summed E-state index contributed by atoms with van der Waals surface area (Å²) in [4.78, 5) is 34.8. The zero-order chi connectivity index (χ0) is 24.5. The molecule has 0 radical (unpaired) electrons. The van der Waals surface area contributed by atoms with E-state index >= 15 is 0 Å². The van der Waals surface area contributed by atoms with Crippen molar-refractivity contribution in [2.75, 3.05) is 23.7 Å². The lowest BCUT2D eigenvalue weighted by Gasteiger charge is -2.29. The van der Waals surface area contributed by atoms with Gasteiger partial charge in [-0.15, -0.1) is 0 Å². The van der Waals surface area contributed by atoms with Crippen molar-refractivity contribution in [3.05, 3.63) is 82.8 Å². The topological polar surface area (TPSA) is 68.3 Å². The Balaban J connectivity index is 1.54. The molecule has 3 aromatic carbocycles. The molecule has 7 nitrogen and oxygen atoms in total. The van der Waals surface area contributed by atoms with Gasteiger partial charge in [-0.3, -0.25) is 14.4 Å². The van der Waals surface area contributed by atoms with Gasteiger partial charge in [0.15, 0.2) is 6.10 Å². The maximum Gasteiger partial charge on any atom is 0.266 e. The van der Waals surface area contributed by atoms with E-state index in [1.54, 1.807) is 36.4 Å². The molecule has 2 aliphatic rings. The van der Waals surface area contributed by atoms with Crippen LogP contribution in [0.4, 0.5) is 11.4 Å². The van der Waals surface area contributed by atoms with Gasteiger partial charge in [0.2, 0.25) is 5.91 Å². The summed E-state index contributed by atoms with van der Waals surface area (Å²) in [5.41, 5.74) is 2.00. The Labute approximate surface area is 212 Å². The van der Waals surface area contributed by atoms with Crippen LogP contribution in [0.2, 0.25) is 0 Å². The lowest BCUT2D eigenvalue weighted by atomic mass is 9.90. The molecule has 35 heavy (non-hydrogen) atoms. The van der Waals surface area contributed by atoms with E-state index < -0.39 is 18.1 Å². The van der Waals surface area contributed by atoms with Crippen molar-refractivity contribution in [3.63, 3.8) is 0 Å². The largest absolute Gasteiger partial charge is 0.496 e. The number of rotatable bonds is 7. The number of para-hydroxylation sites is 1. The van der Waals surface area contributed by atoms with Crippen LogP contribution in [0.15, 0.2) is 77.3 Å². The number of imide groups is 1. The molecule has 180 valence electrons. The Morgan fingerprint density at radius 3 is 2.37 bits per heavy atom. The number of hydrogen-bond acceptors (Lipinski definition) is 6. The molecule has 5 rings (SSSR count). The number of benzene rings is 3. The molecule has 2 saturated heterocycles. The molecule has 0 unspecified atom stereocenters. The molecule has 2 fully saturated rings. The molecule has 3 aromatic rings. The monoisotopic (exact) mass is 536 g/mol. The predicted molar refractivity (Wildman–Crippen MR) is 135 cm³/mol. The fourth-order valence-corrected chi connectivity index (χ4v) is 5.01. The predicted octanol–water partition coefficient (Wildman–Crippen LogP) is 5.30. The molecule has 0 aliphatic carbocycles. The summed E-state index contributed by atoms with van der Waals surface area (Å²) < 4.78 is 12.1. The van der Waals surface area contributed by atoms with Crippen LogP contribution in [0.25, 0.3) is 0 Å². The average Bonchev–Trinajstić information content (AvgIpc) is 3.39. The van der Waals surface area contributed by atoms with Crippen LogP contribution in [0, 0.1) is 5.92 Å². The van der Waals surface area contributed by atoms with Gasteiger partial charge in [0, 0.05) is 10.0 Å². The first-order valence-electron chi connectivity index (χ1n) is 11.5. The van der Waals surface area contributed by atoms with Crippen molar-refractivity contribution in [3.8, 4) is 11.5 Å². The Kier molecular flexibility index (Phi) is 6.49. The molecule has 8 heteroatoms. The van der Waals surface area contributed by atoms with Crippen molar-refractivity contribution in [1.82, 2.24) is 0 Å². The zero-order valence-electron chi connectivity index (χ0n) is 19.4. The Morgan fingerprint density at radius 2 is 1.69 bits per heavy atom. The van der Waals surface area contributed by atoms with Crippen molar-refractivity contribution < 1.29 is 23.9 Å². The highest BCUT2D eigenvalue weighted by Gasteiger charge is 2.60. The van der Waals surface area contributed by atoms with Crippen LogP contribution in [-0.2, 0) is 14.4 Å². The van der Waals surface area contributed by atoms with Gasteiger partial charge in [-0.05, 0) is 61.0 Å².